The number of rotatable bonds is 8. The summed E-state index contributed by atoms with van der Waals surface area (Å²) < 4.78 is 27.4. The number of hydrogen-bond acceptors (Lipinski definition) is 8. The van der Waals surface area contributed by atoms with Crippen molar-refractivity contribution in [2.75, 3.05) is 16.9 Å². The molecular weight excluding hydrogens is 370 g/mol. The molecule has 2 rings (SSSR count). The van der Waals surface area contributed by atoms with Crippen LogP contribution in [0.2, 0.25) is 0 Å². The van der Waals surface area contributed by atoms with Crippen molar-refractivity contribution in [3.05, 3.63) is 36.0 Å². The first-order valence-electron chi connectivity index (χ1n) is 8.25. The zero-order valence-corrected chi connectivity index (χ0v) is 16.4. The average Bonchev–Trinajstić information content (AvgIpc) is 2.53. The van der Waals surface area contributed by atoms with Gasteiger partial charge in [0.2, 0.25) is 5.95 Å². The summed E-state index contributed by atoms with van der Waals surface area (Å²) in [5, 5.41) is 6.11. The number of benzene rings is 1. The monoisotopic (exact) mass is 393 g/mol. The number of hydrogen-bond donors (Lipinski definition) is 3. The van der Waals surface area contributed by atoms with E-state index in [1.165, 1.54) is 18.3 Å². The van der Waals surface area contributed by atoms with Gasteiger partial charge in [-0.15, -0.1) is 0 Å². The molecular formula is C17H23N5O4S. The summed E-state index contributed by atoms with van der Waals surface area (Å²) in [4.78, 5) is 20.0. The number of anilines is 3. The maximum absolute atomic E-state index is 11.6. The van der Waals surface area contributed by atoms with Crippen molar-refractivity contribution in [1.82, 2.24) is 9.97 Å². The Hall–Kier alpha value is -2.88. The molecule has 1 heterocycles. The minimum atomic E-state index is -3.63. The van der Waals surface area contributed by atoms with Crippen LogP contribution in [0.1, 0.15) is 31.1 Å². The number of aromatic nitrogens is 2. The van der Waals surface area contributed by atoms with Crippen molar-refractivity contribution in [3.63, 3.8) is 0 Å². The van der Waals surface area contributed by atoms with Crippen LogP contribution in [0, 0.1) is 5.92 Å². The van der Waals surface area contributed by atoms with Gasteiger partial charge >= 0.3 is 10.1 Å². The Balaban J connectivity index is 2.29. The molecule has 0 spiro atoms. The Kier molecular flexibility index (Phi) is 6.21. The third-order valence-electron chi connectivity index (χ3n) is 3.76. The number of nitrogens with zero attached hydrogens (tertiary/aromatic N) is 2. The van der Waals surface area contributed by atoms with Crippen LogP contribution in [0.5, 0.6) is 5.75 Å². The molecule has 10 heteroatoms. The van der Waals surface area contributed by atoms with E-state index in [1.807, 2.05) is 20.8 Å². The molecule has 4 N–H and O–H groups in total. The van der Waals surface area contributed by atoms with E-state index in [4.69, 9.17) is 9.92 Å². The Morgan fingerprint density at radius 2 is 1.96 bits per heavy atom. The molecule has 1 aromatic carbocycles. The van der Waals surface area contributed by atoms with Gasteiger partial charge in [0.1, 0.15) is 11.6 Å². The number of amides is 1. The van der Waals surface area contributed by atoms with Crippen LogP contribution in [-0.4, -0.2) is 36.6 Å². The van der Waals surface area contributed by atoms with Gasteiger partial charge in [-0.25, -0.2) is 4.98 Å². The van der Waals surface area contributed by atoms with Crippen LogP contribution in [0.25, 0.3) is 0 Å². The topological polar surface area (TPSA) is 136 Å². The fourth-order valence-electron chi connectivity index (χ4n) is 2.04. The van der Waals surface area contributed by atoms with Gasteiger partial charge in [0, 0.05) is 24.0 Å². The molecule has 0 saturated carbocycles. The average molecular weight is 393 g/mol. The third-order valence-corrected chi connectivity index (χ3v) is 4.25. The number of nitrogens with two attached hydrogens (primary N) is 1. The molecule has 146 valence electrons. The lowest BCUT2D eigenvalue weighted by Gasteiger charge is -2.19. The molecule has 0 radical (unpaired) electrons. The lowest BCUT2D eigenvalue weighted by molar-refractivity contribution is 0.100. The summed E-state index contributed by atoms with van der Waals surface area (Å²) in [7, 11) is -3.63. The first-order chi connectivity index (χ1) is 12.5. The Morgan fingerprint density at radius 3 is 2.56 bits per heavy atom. The summed E-state index contributed by atoms with van der Waals surface area (Å²) in [6.45, 7) is 6.04. The summed E-state index contributed by atoms with van der Waals surface area (Å²) >= 11 is 0. The molecule has 0 saturated heterocycles. The first kappa shape index (κ1) is 20.4. The van der Waals surface area contributed by atoms with Crippen LogP contribution in [0.3, 0.4) is 0 Å². The maximum Gasteiger partial charge on any atom is 0.306 e. The quantitative estimate of drug-likeness (QED) is 0.580. The van der Waals surface area contributed by atoms with E-state index in [1.54, 1.807) is 12.1 Å². The fraction of sp³-hybridized carbons (Fsp3) is 0.353. The molecule has 9 nitrogen and oxygen atoms in total. The number of carbonyl (C=O) groups is 1. The lowest BCUT2D eigenvalue weighted by atomic mass is 10.1. The molecule has 0 unspecified atom stereocenters. The van der Waals surface area contributed by atoms with Gasteiger partial charge < -0.3 is 20.6 Å². The van der Waals surface area contributed by atoms with Crippen LogP contribution in [0.15, 0.2) is 30.5 Å². The Labute approximate surface area is 158 Å². The van der Waals surface area contributed by atoms with E-state index in [-0.39, 0.29) is 23.3 Å². The molecule has 0 aliphatic heterocycles. The smallest absolute Gasteiger partial charge is 0.306 e. The zero-order chi connectivity index (χ0) is 20.2. The molecule has 2 aromatic rings. The van der Waals surface area contributed by atoms with Gasteiger partial charge in [-0.3, -0.25) is 4.79 Å². The first-order valence-corrected chi connectivity index (χ1v) is 10.1. The second-order valence-corrected chi connectivity index (χ2v) is 8.01. The molecule has 1 amide bonds. The highest BCUT2D eigenvalue weighted by molar-refractivity contribution is 7.86. The molecule has 0 bridgehead atoms. The van der Waals surface area contributed by atoms with Crippen LogP contribution in [-0.2, 0) is 10.1 Å². The van der Waals surface area contributed by atoms with E-state index in [0.717, 1.165) is 6.26 Å². The van der Waals surface area contributed by atoms with Gasteiger partial charge in [-0.2, -0.15) is 13.4 Å². The molecule has 0 fully saturated rings. The van der Waals surface area contributed by atoms with Gasteiger partial charge in [-0.1, -0.05) is 19.9 Å². The van der Waals surface area contributed by atoms with Gasteiger partial charge in [-0.05, 0) is 25.0 Å². The maximum atomic E-state index is 11.6. The van der Waals surface area contributed by atoms with Crippen LogP contribution < -0.4 is 20.6 Å². The van der Waals surface area contributed by atoms with E-state index >= 15 is 0 Å². The standard InChI is InChI=1S/C17H23N5O4S/c1-10(2)11(3)20-16-14(15(18)23)9-19-17(22-16)21-12-6-5-7-13(8-12)26-27(4,24)25/h5-11H,1-4H3,(H2,18,23)(H2,19,20,21,22)/t11-/m1/s1. The Bertz CT molecular complexity index is 931. The van der Waals surface area contributed by atoms with Gasteiger partial charge in [0.25, 0.3) is 5.91 Å². The van der Waals surface area contributed by atoms with Crippen molar-refractivity contribution in [2.45, 2.75) is 26.8 Å². The number of nitrogens with one attached hydrogen (secondary N) is 2. The largest absolute Gasteiger partial charge is 0.383 e. The summed E-state index contributed by atoms with van der Waals surface area (Å²) in [5.74, 6) is 0.369. The highest BCUT2D eigenvalue weighted by Crippen LogP contribution is 2.23. The summed E-state index contributed by atoms with van der Waals surface area (Å²) in [6, 6.07) is 6.39. The molecule has 27 heavy (non-hydrogen) atoms. The molecule has 0 aliphatic carbocycles. The van der Waals surface area contributed by atoms with Crippen LogP contribution >= 0.6 is 0 Å². The van der Waals surface area contributed by atoms with Crippen molar-refractivity contribution in [3.8, 4) is 5.75 Å². The fourth-order valence-corrected chi connectivity index (χ4v) is 2.50. The Morgan fingerprint density at radius 1 is 1.26 bits per heavy atom. The second-order valence-electron chi connectivity index (χ2n) is 6.44. The van der Waals surface area contributed by atoms with Crippen molar-refractivity contribution in [2.24, 2.45) is 11.7 Å². The molecule has 1 aromatic heterocycles. The normalized spacial score (nSPS) is 12.5. The molecule has 0 aliphatic rings. The predicted molar refractivity (Wildman–Crippen MR) is 104 cm³/mol. The number of primary amides is 1. The minimum Gasteiger partial charge on any atom is -0.383 e. The SMILES string of the molecule is CC(C)[C@@H](C)Nc1nc(Nc2cccc(OS(C)(=O)=O)c2)ncc1C(N)=O. The van der Waals surface area contributed by atoms with Gasteiger partial charge in [0.15, 0.2) is 0 Å². The summed E-state index contributed by atoms with van der Waals surface area (Å²) in [6.07, 6.45) is 2.30. The summed E-state index contributed by atoms with van der Waals surface area (Å²) in [5.41, 5.74) is 6.10. The van der Waals surface area contributed by atoms with Crippen molar-refractivity contribution < 1.29 is 17.4 Å². The molecule has 1 atom stereocenters. The minimum absolute atomic E-state index is 0.0531. The predicted octanol–water partition coefficient (Wildman–Crippen LogP) is 2.11. The van der Waals surface area contributed by atoms with E-state index in [9.17, 15) is 13.2 Å². The third kappa shape index (κ3) is 6.10. The van der Waals surface area contributed by atoms with Gasteiger partial charge in [0.05, 0.1) is 11.8 Å². The van der Waals surface area contributed by atoms with E-state index in [2.05, 4.69) is 20.6 Å². The van der Waals surface area contributed by atoms with E-state index in [0.29, 0.717) is 17.4 Å². The van der Waals surface area contributed by atoms with Crippen LogP contribution in [0.4, 0.5) is 17.5 Å². The zero-order valence-electron chi connectivity index (χ0n) is 15.6. The second kappa shape index (κ2) is 8.21. The highest BCUT2D eigenvalue weighted by Gasteiger charge is 2.16. The van der Waals surface area contributed by atoms with E-state index < -0.39 is 16.0 Å². The highest BCUT2D eigenvalue weighted by atomic mass is 32.2. The number of carbonyl (C=O) groups excluding carboxylic acids is 1. The van der Waals surface area contributed by atoms with Crippen molar-refractivity contribution in [1.29, 1.82) is 0 Å². The lowest BCUT2D eigenvalue weighted by Crippen LogP contribution is -2.25. The van der Waals surface area contributed by atoms with Crippen molar-refractivity contribution >= 4 is 33.5 Å².